The lowest BCUT2D eigenvalue weighted by molar-refractivity contribution is -0.139. The van der Waals surface area contributed by atoms with Gasteiger partial charge in [-0.1, -0.05) is 12.1 Å². The molecule has 3 aromatic rings. The third-order valence-corrected chi connectivity index (χ3v) is 7.88. The third-order valence-electron chi connectivity index (χ3n) is 7.02. The van der Waals surface area contributed by atoms with E-state index in [9.17, 15) is 18.5 Å². The molecule has 0 spiro atoms. The molecule has 5 rings (SSSR count). The predicted octanol–water partition coefficient (Wildman–Crippen LogP) is 4.89. The van der Waals surface area contributed by atoms with Crippen LogP contribution in [0.15, 0.2) is 48.5 Å². The molecular formula is C28H28FNO5S. The number of hydrogen-bond acceptors (Lipinski definition) is 5. The van der Waals surface area contributed by atoms with Crippen molar-refractivity contribution >= 4 is 16.8 Å². The number of aromatic nitrogens is 1. The van der Waals surface area contributed by atoms with Crippen LogP contribution in [0.3, 0.4) is 0 Å². The molecule has 0 bridgehead atoms. The third kappa shape index (κ3) is 5.00. The first-order chi connectivity index (χ1) is 17.3. The maximum Gasteiger partial charge on any atom is 0.307 e. The second kappa shape index (κ2) is 10.0. The Bertz CT molecular complexity index is 1340. The Labute approximate surface area is 211 Å². The molecule has 0 saturated heterocycles. The zero-order chi connectivity index (χ0) is 25.4. The number of hydrogen-bond donors (Lipinski definition) is 1. The van der Waals surface area contributed by atoms with Gasteiger partial charge in [0.25, 0.3) is 0 Å². The summed E-state index contributed by atoms with van der Waals surface area (Å²) in [6, 6.07) is 14.4. The SMILES string of the molecule is Cc1nc(OCCCS(C)=O)ccc1-c1ccc(F)c(COc2ccc3c(c2)CC2C(C(=O)O)C32)c1. The summed E-state index contributed by atoms with van der Waals surface area (Å²) in [7, 11) is -0.839. The first kappa shape index (κ1) is 24.4. The topological polar surface area (TPSA) is 85.7 Å². The van der Waals surface area contributed by atoms with Crippen molar-refractivity contribution in [1.82, 2.24) is 4.98 Å². The summed E-state index contributed by atoms with van der Waals surface area (Å²) < 4.78 is 37.3. The molecule has 8 heteroatoms. The summed E-state index contributed by atoms with van der Waals surface area (Å²) in [5.41, 5.74) is 5.14. The minimum Gasteiger partial charge on any atom is -0.489 e. The number of carboxylic acid groups (broad SMARTS) is 1. The average molecular weight is 510 g/mol. The van der Waals surface area contributed by atoms with Crippen LogP contribution in [0.2, 0.25) is 0 Å². The number of aryl methyl sites for hydroxylation is 1. The van der Waals surface area contributed by atoms with Crippen molar-refractivity contribution in [3.05, 3.63) is 76.7 Å². The van der Waals surface area contributed by atoms with E-state index in [0.717, 1.165) is 34.4 Å². The summed E-state index contributed by atoms with van der Waals surface area (Å²) >= 11 is 0. The van der Waals surface area contributed by atoms with Gasteiger partial charge in [0.05, 0.1) is 12.5 Å². The van der Waals surface area contributed by atoms with Crippen molar-refractivity contribution in [2.24, 2.45) is 11.8 Å². The number of aliphatic carboxylic acids is 1. The standard InChI is InChI=1S/C28H28FNO5S/c1-16-21(7-9-25(30-16)34-10-3-11-36(2)33)17-4-8-24(29)19(12-17)15-35-20-5-6-22-18(13-20)14-23-26(22)27(23)28(31)32/h4-9,12-13,23,26-27H,3,10-11,14-15H2,1-2H3,(H,31,32). The fourth-order valence-corrected chi connectivity index (χ4v) is 5.72. The van der Waals surface area contributed by atoms with Crippen molar-refractivity contribution in [3.63, 3.8) is 0 Å². The van der Waals surface area contributed by atoms with Crippen molar-refractivity contribution in [2.45, 2.75) is 32.3 Å². The first-order valence-corrected chi connectivity index (χ1v) is 13.7. The van der Waals surface area contributed by atoms with Gasteiger partial charge < -0.3 is 14.6 Å². The molecule has 6 nitrogen and oxygen atoms in total. The minimum absolute atomic E-state index is 0.0789. The van der Waals surface area contributed by atoms with E-state index in [0.29, 0.717) is 36.0 Å². The van der Waals surface area contributed by atoms with E-state index in [4.69, 9.17) is 9.47 Å². The number of rotatable bonds is 10. The smallest absolute Gasteiger partial charge is 0.307 e. The Balaban J connectivity index is 1.24. The molecule has 2 aliphatic rings. The fourth-order valence-electron chi connectivity index (χ4n) is 5.19. The van der Waals surface area contributed by atoms with Gasteiger partial charge in [0.2, 0.25) is 5.88 Å². The molecule has 1 heterocycles. The number of pyridine rings is 1. The molecule has 2 aromatic carbocycles. The maximum atomic E-state index is 14.6. The van der Waals surface area contributed by atoms with Gasteiger partial charge in [-0.05, 0) is 72.7 Å². The van der Waals surface area contributed by atoms with Crippen LogP contribution in [0.5, 0.6) is 11.6 Å². The molecule has 1 saturated carbocycles. The Morgan fingerprint density at radius 3 is 2.75 bits per heavy atom. The molecule has 1 N–H and O–H groups in total. The summed E-state index contributed by atoms with van der Waals surface area (Å²) in [6.45, 7) is 2.41. The predicted molar refractivity (Wildman–Crippen MR) is 135 cm³/mol. The van der Waals surface area contributed by atoms with Crippen LogP contribution in [0.25, 0.3) is 11.1 Å². The molecule has 0 aliphatic heterocycles. The molecule has 188 valence electrons. The van der Waals surface area contributed by atoms with E-state index in [-0.39, 0.29) is 30.2 Å². The lowest BCUT2D eigenvalue weighted by atomic mass is 10.0. The van der Waals surface area contributed by atoms with E-state index in [1.54, 1.807) is 24.5 Å². The second-order valence-corrected chi connectivity index (χ2v) is 11.0. The normalized spacial score (nSPS) is 20.4. The van der Waals surface area contributed by atoms with Crippen LogP contribution < -0.4 is 9.47 Å². The Hall–Kier alpha value is -3.26. The number of fused-ring (bicyclic) bond motifs is 3. The van der Waals surface area contributed by atoms with Crippen LogP contribution >= 0.6 is 0 Å². The van der Waals surface area contributed by atoms with E-state index in [2.05, 4.69) is 4.98 Å². The van der Waals surface area contributed by atoms with Crippen LogP contribution in [0, 0.1) is 24.6 Å². The van der Waals surface area contributed by atoms with Crippen molar-refractivity contribution in [1.29, 1.82) is 0 Å². The van der Waals surface area contributed by atoms with Gasteiger partial charge in [0, 0.05) is 51.6 Å². The molecule has 1 fully saturated rings. The lowest BCUT2D eigenvalue weighted by Gasteiger charge is -2.13. The van der Waals surface area contributed by atoms with Crippen LogP contribution in [-0.2, 0) is 28.6 Å². The number of benzene rings is 2. The highest BCUT2D eigenvalue weighted by Crippen LogP contribution is 2.61. The highest BCUT2D eigenvalue weighted by molar-refractivity contribution is 7.84. The van der Waals surface area contributed by atoms with Crippen LogP contribution in [-0.4, -0.2) is 38.9 Å². The molecule has 36 heavy (non-hydrogen) atoms. The van der Waals surface area contributed by atoms with E-state index in [1.165, 1.54) is 6.07 Å². The van der Waals surface area contributed by atoms with E-state index >= 15 is 0 Å². The number of nitrogens with zero attached hydrogens (tertiary/aromatic N) is 1. The summed E-state index contributed by atoms with van der Waals surface area (Å²) in [5.74, 6) is 0.746. The van der Waals surface area contributed by atoms with Gasteiger partial charge in [-0.2, -0.15) is 0 Å². The van der Waals surface area contributed by atoms with Gasteiger partial charge in [-0.3, -0.25) is 9.00 Å². The number of ether oxygens (including phenoxy) is 2. The lowest BCUT2D eigenvalue weighted by Crippen LogP contribution is -2.05. The quantitative estimate of drug-likeness (QED) is 0.392. The molecule has 2 aliphatic carbocycles. The molecule has 4 atom stereocenters. The highest BCUT2D eigenvalue weighted by atomic mass is 32.2. The molecule has 0 radical (unpaired) electrons. The molecule has 1 aromatic heterocycles. The van der Waals surface area contributed by atoms with Gasteiger partial charge in [-0.25, -0.2) is 9.37 Å². The van der Waals surface area contributed by atoms with Crippen molar-refractivity contribution in [2.75, 3.05) is 18.6 Å². The zero-order valence-corrected chi connectivity index (χ0v) is 21.0. The van der Waals surface area contributed by atoms with Crippen molar-refractivity contribution in [3.8, 4) is 22.8 Å². The Kier molecular flexibility index (Phi) is 6.79. The van der Waals surface area contributed by atoms with Gasteiger partial charge in [0.15, 0.2) is 0 Å². The zero-order valence-electron chi connectivity index (χ0n) is 20.2. The van der Waals surface area contributed by atoms with Crippen LogP contribution in [0.1, 0.15) is 34.7 Å². The van der Waals surface area contributed by atoms with Gasteiger partial charge in [-0.15, -0.1) is 0 Å². The summed E-state index contributed by atoms with van der Waals surface area (Å²) in [6.07, 6.45) is 3.12. The minimum atomic E-state index is -0.839. The summed E-state index contributed by atoms with van der Waals surface area (Å²) in [4.78, 5) is 15.8. The van der Waals surface area contributed by atoms with Crippen LogP contribution in [0.4, 0.5) is 4.39 Å². The van der Waals surface area contributed by atoms with Gasteiger partial charge >= 0.3 is 5.97 Å². The Morgan fingerprint density at radius 2 is 2.00 bits per heavy atom. The fraction of sp³-hybridized carbons (Fsp3) is 0.357. The molecule has 0 amide bonds. The average Bonchev–Trinajstić information content (AvgIpc) is 3.44. The monoisotopic (exact) mass is 509 g/mol. The maximum absolute atomic E-state index is 14.6. The van der Waals surface area contributed by atoms with E-state index in [1.807, 2.05) is 31.2 Å². The highest BCUT2D eigenvalue weighted by Gasteiger charge is 2.59. The van der Waals surface area contributed by atoms with E-state index < -0.39 is 16.8 Å². The largest absolute Gasteiger partial charge is 0.489 e. The Morgan fingerprint density at radius 1 is 1.17 bits per heavy atom. The summed E-state index contributed by atoms with van der Waals surface area (Å²) in [5, 5.41) is 9.29. The number of halogens is 1. The second-order valence-electron chi connectivity index (χ2n) is 9.48. The van der Waals surface area contributed by atoms with Gasteiger partial charge in [0.1, 0.15) is 18.2 Å². The van der Waals surface area contributed by atoms with Crippen molar-refractivity contribution < 1.29 is 28.0 Å². The number of carboxylic acids is 1. The first-order valence-electron chi connectivity index (χ1n) is 12.0. The number of carbonyl (C=O) groups is 1. The molecule has 4 unspecified atom stereocenters. The molecular weight excluding hydrogens is 481 g/mol.